The second-order valence-electron chi connectivity index (χ2n) is 4.74. The van der Waals surface area contributed by atoms with E-state index in [0.29, 0.717) is 16.5 Å². The van der Waals surface area contributed by atoms with Gasteiger partial charge in [-0.1, -0.05) is 11.6 Å². The van der Waals surface area contributed by atoms with Gasteiger partial charge in [-0.2, -0.15) is 0 Å². The summed E-state index contributed by atoms with van der Waals surface area (Å²) in [7, 11) is 0. The van der Waals surface area contributed by atoms with Crippen LogP contribution in [0.15, 0.2) is 42.0 Å². The Kier molecular flexibility index (Phi) is 4.96. The monoisotopic (exact) mass is 376 g/mol. The number of nitro benzene ring substituents is 1. The molecule has 0 saturated carbocycles. The zero-order chi connectivity index (χ0) is 17.8. The van der Waals surface area contributed by atoms with Crippen molar-refractivity contribution in [2.75, 3.05) is 0 Å². The number of carbonyl (C=O) groups excluding carboxylic acids is 1. The molecule has 3 aromatic rings. The van der Waals surface area contributed by atoms with Crippen LogP contribution in [-0.2, 0) is 11.2 Å². The van der Waals surface area contributed by atoms with Crippen LogP contribution in [-0.4, -0.2) is 25.8 Å². The topological polar surface area (TPSA) is 108 Å². The first-order valence-corrected chi connectivity index (χ1v) is 8.15. The molecule has 8 nitrogen and oxygen atoms in total. The second kappa shape index (κ2) is 7.32. The van der Waals surface area contributed by atoms with Gasteiger partial charge in [0.15, 0.2) is 10.8 Å². The Morgan fingerprint density at radius 3 is 2.76 bits per heavy atom. The molecule has 3 rings (SSSR count). The maximum Gasteiger partial charge on any atom is 0.317 e. The van der Waals surface area contributed by atoms with Crippen LogP contribution < -0.4 is 4.74 Å². The quantitative estimate of drug-likeness (QED) is 0.291. The molecule has 0 amide bonds. The number of rotatable bonds is 5. The molecule has 0 spiro atoms. The second-order valence-corrected chi connectivity index (χ2v) is 6.00. The highest BCUT2D eigenvalue weighted by Crippen LogP contribution is 2.28. The Balaban J connectivity index is 1.66. The van der Waals surface area contributed by atoms with Gasteiger partial charge in [0.25, 0.3) is 5.69 Å². The molecular formula is C15H9ClN4O4S. The van der Waals surface area contributed by atoms with Crippen LogP contribution in [0.2, 0.25) is 5.02 Å². The van der Waals surface area contributed by atoms with Crippen LogP contribution in [0, 0.1) is 10.1 Å². The van der Waals surface area contributed by atoms with E-state index >= 15 is 0 Å². The van der Waals surface area contributed by atoms with Crippen LogP contribution in [0.5, 0.6) is 5.75 Å². The van der Waals surface area contributed by atoms with Crippen molar-refractivity contribution in [1.29, 1.82) is 0 Å². The first kappa shape index (κ1) is 16.9. The average Bonchev–Trinajstić information content (AvgIpc) is 3.03. The molecule has 0 atom stereocenters. The molecule has 0 fully saturated rings. The summed E-state index contributed by atoms with van der Waals surface area (Å²) in [4.78, 5) is 34.6. The molecule has 0 bridgehead atoms. The standard InChI is InChI=1S/C15H9ClN4O4S/c16-11-7-10(2-3-12(11)20(22)23)24-13(21)6-9-8-25-15(19-9)14-17-4-1-5-18-14/h1-5,7-8H,6H2. The third-order valence-corrected chi connectivity index (χ3v) is 4.17. The number of thiazole rings is 1. The van der Waals surface area contributed by atoms with Crippen molar-refractivity contribution in [3.8, 4) is 16.6 Å². The lowest BCUT2D eigenvalue weighted by atomic mass is 10.3. The van der Waals surface area contributed by atoms with Crippen LogP contribution in [0.1, 0.15) is 5.69 Å². The number of ether oxygens (including phenoxy) is 1. The summed E-state index contributed by atoms with van der Waals surface area (Å²) in [5, 5.41) is 12.9. The van der Waals surface area contributed by atoms with E-state index in [9.17, 15) is 14.9 Å². The molecule has 0 aliphatic carbocycles. The fourth-order valence-electron chi connectivity index (χ4n) is 1.91. The van der Waals surface area contributed by atoms with Gasteiger partial charge in [-0.25, -0.2) is 15.0 Å². The number of nitro groups is 1. The maximum atomic E-state index is 12.0. The van der Waals surface area contributed by atoms with Crippen LogP contribution in [0.25, 0.3) is 10.8 Å². The SMILES string of the molecule is O=C(Cc1csc(-c2ncccn2)n1)Oc1ccc([N+](=O)[O-])c(Cl)c1. The minimum absolute atomic E-state index is 0.0576. The Morgan fingerprint density at radius 1 is 1.32 bits per heavy atom. The van der Waals surface area contributed by atoms with E-state index in [1.165, 1.54) is 29.5 Å². The predicted molar refractivity (Wildman–Crippen MR) is 90.6 cm³/mol. The van der Waals surface area contributed by atoms with Gasteiger partial charge >= 0.3 is 5.97 Å². The number of nitrogens with zero attached hydrogens (tertiary/aromatic N) is 4. The van der Waals surface area contributed by atoms with E-state index < -0.39 is 10.9 Å². The molecule has 0 unspecified atom stereocenters. The maximum absolute atomic E-state index is 12.0. The minimum Gasteiger partial charge on any atom is -0.426 e. The lowest BCUT2D eigenvalue weighted by Crippen LogP contribution is -2.11. The van der Waals surface area contributed by atoms with Gasteiger partial charge in [0.05, 0.1) is 17.0 Å². The highest BCUT2D eigenvalue weighted by Gasteiger charge is 2.16. The van der Waals surface area contributed by atoms with Gasteiger partial charge in [0.2, 0.25) is 0 Å². The van der Waals surface area contributed by atoms with E-state index in [-0.39, 0.29) is 22.9 Å². The van der Waals surface area contributed by atoms with Crippen molar-refractivity contribution in [1.82, 2.24) is 15.0 Å². The highest BCUT2D eigenvalue weighted by atomic mass is 35.5. The molecule has 0 N–H and O–H groups in total. The molecule has 0 aliphatic rings. The molecule has 0 radical (unpaired) electrons. The number of aromatic nitrogens is 3. The Bertz CT molecular complexity index is 932. The van der Waals surface area contributed by atoms with Crippen LogP contribution in [0.3, 0.4) is 0 Å². The van der Waals surface area contributed by atoms with E-state index in [4.69, 9.17) is 16.3 Å². The van der Waals surface area contributed by atoms with Crippen LogP contribution in [0.4, 0.5) is 5.69 Å². The van der Waals surface area contributed by atoms with E-state index in [1.807, 2.05) is 0 Å². The van der Waals surface area contributed by atoms with Crippen molar-refractivity contribution in [3.63, 3.8) is 0 Å². The number of halogens is 1. The molecule has 126 valence electrons. The molecule has 25 heavy (non-hydrogen) atoms. The molecule has 10 heteroatoms. The first-order chi connectivity index (χ1) is 12.0. The number of hydrogen-bond donors (Lipinski definition) is 0. The average molecular weight is 377 g/mol. The number of hydrogen-bond acceptors (Lipinski definition) is 8. The largest absolute Gasteiger partial charge is 0.426 e. The van der Waals surface area contributed by atoms with Gasteiger partial charge in [0, 0.05) is 29.9 Å². The molecule has 0 aliphatic heterocycles. The van der Waals surface area contributed by atoms with Crippen molar-refractivity contribution in [3.05, 3.63) is 62.9 Å². The van der Waals surface area contributed by atoms with Crippen molar-refractivity contribution in [2.24, 2.45) is 0 Å². The minimum atomic E-state index is -0.615. The summed E-state index contributed by atoms with van der Waals surface area (Å²) >= 11 is 7.10. The predicted octanol–water partition coefficient (Wildman–Crippen LogP) is 3.31. The summed E-state index contributed by atoms with van der Waals surface area (Å²) < 4.78 is 5.14. The van der Waals surface area contributed by atoms with Crippen molar-refractivity contribution < 1.29 is 14.5 Å². The third kappa shape index (κ3) is 4.14. The lowest BCUT2D eigenvalue weighted by Gasteiger charge is -2.03. The zero-order valence-corrected chi connectivity index (χ0v) is 14.0. The molecule has 2 aromatic heterocycles. The smallest absolute Gasteiger partial charge is 0.317 e. The lowest BCUT2D eigenvalue weighted by molar-refractivity contribution is -0.384. The fraction of sp³-hybridized carbons (Fsp3) is 0.0667. The number of esters is 1. The van der Waals surface area contributed by atoms with E-state index in [1.54, 1.807) is 23.8 Å². The number of carbonyl (C=O) groups is 1. The first-order valence-electron chi connectivity index (χ1n) is 6.89. The summed E-state index contributed by atoms with van der Waals surface area (Å²) in [5.41, 5.74) is 0.263. The van der Waals surface area contributed by atoms with Gasteiger partial charge < -0.3 is 4.74 Å². The van der Waals surface area contributed by atoms with Crippen LogP contribution >= 0.6 is 22.9 Å². The third-order valence-electron chi connectivity index (χ3n) is 2.98. The summed E-state index contributed by atoms with van der Waals surface area (Å²) in [6, 6.07) is 5.41. The van der Waals surface area contributed by atoms with Gasteiger partial charge in [-0.3, -0.25) is 14.9 Å². The summed E-state index contributed by atoms with van der Waals surface area (Å²) in [6.07, 6.45) is 3.16. The molecular weight excluding hydrogens is 368 g/mol. The normalized spacial score (nSPS) is 10.4. The van der Waals surface area contributed by atoms with E-state index in [2.05, 4.69) is 15.0 Å². The number of benzene rings is 1. The molecule has 2 heterocycles. The highest BCUT2D eigenvalue weighted by molar-refractivity contribution is 7.13. The molecule has 0 saturated heterocycles. The zero-order valence-electron chi connectivity index (χ0n) is 12.5. The van der Waals surface area contributed by atoms with Gasteiger partial charge in [-0.05, 0) is 12.1 Å². The fourth-order valence-corrected chi connectivity index (χ4v) is 2.92. The van der Waals surface area contributed by atoms with Gasteiger partial charge in [0.1, 0.15) is 10.8 Å². The van der Waals surface area contributed by atoms with Gasteiger partial charge in [-0.15, -0.1) is 11.3 Å². The Hall–Kier alpha value is -2.91. The Morgan fingerprint density at radius 2 is 2.08 bits per heavy atom. The Labute approximate surface area is 150 Å². The van der Waals surface area contributed by atoms with E-state index in [0.717, 1.165) is 0 Å². The molecule has 1 aromatic carbocycles. The summed E-state index contributed by atoms with van der Waals surface area (Å²) in [6.45, 7) is 0. The van der Waals surface area contributed by atoms with Crippen molar-refractivity contribution >= 4 is 34.6 Å². The van der Waals surface area contributed by atoms with Crippen molar-refractivity contribution in [2.45, 2.75) is 6.42 Å². The summed E-state index contributed by atoms with van der Waals surface area (Å²) in [5.74, 6) is 0.0486.